The third-order valence-electron chi connectivity index (χ3n) is 4.27. The third kappa shape index (κ3) is 4.17. The number of pyridine rings is 1. The van der Waals surface area contributed by atoms with Crippen LogP contribution >= 0.6 is 0 Å². The normalized spacial score (nSPS) is 25.2. The summed E-state index contributed by atoms with van der Waals surface area (Å²) in [6.07, 6.45) is -2.29. The minimum atomic E-state index is -4.36. The summed E-state index contributed by atoms with van der Waals surface area (Å²) in [5, 5.41) is 0. The highest BCUT2D eigenvalue weighted by molar-refractivity contribution is 5.16. The highest BCUT2D eigenvalue weighted by Gasteiger charge is 2.32. The van der Waals surface area contributed by atoms with E-state index in [1.807, 2.05) is 0 Å². The number of likely N-dealkylation sites (N-methyl/N-ethyl adjacent to an activating group) is 1. The Labute approximate surface area is 123 Å². The minimum Gasteiger partial charge on any atom is -0.300 e. The van der Waals surface area contributed by atoms with Crippen molar-refractivity contribution < 1.29 is 13.2 Å². The number of aromatic nitrogens is 1. The molecule has 0 aliphatic carbocycles. The van der Waals surface area contributed by atoms with E-state index < -0.39 is 11.9 Å². The average Bonchev–Trinajstić information content (AvgIpc) is 2.42. The molecular formula is C15H22F3N3. The summed E-state index contributed by atoms with van der Waals surface area (Å²) in [6, 6.07) is 3.59. The van der Waals surface area contributed by atoms with E-state index in [0.29, 0.717) is 12.1 Å². The van der Waals surface area contributed by atoms with Gasteiger partial charge in [0.25, 0.3) is 0 Å². The van der Waals surface area contributed by atoms with Crippen LogP contribution in [0.4, 0.5) is 13.2 Å². The summed E-state index contributed by atoms with van der Waals surface area (Å²) >= 11 is 0. The lowest BCUT2D eigenvalue weighted by atomic mass is 10.1. The van der Waals surface area contributed by atoms with Gasteiger partial charge in [-0.3, -0.25) is 14.8 Å². The van der Waals surface area contributed by atoms with E-state index >= 15 is 0 Å². The first-order valence-electron chi connectivity index (χ1n) is 7.24. The molecule has 2 rings (SSSR count). The first-order valence-corrected chi connectivity index (χ1v) is 7.24. The molecule has 1 aliphatic rings. The van der Waals surface area contributed by atoms with Crippen LogP contribution in [0.2, 0.25) is 0 Å². The second-order valence-corrected chi connectivity index (χ2v) is 5.92. The summed E-state index contributed by atoms with van der Waals surface area (Å²) in [6.45, 7) is 7.24. The van der Waals surface area contributed by atoms with Crippen LogP contribution in [0.15, 0.2) is 18.3 Å². The third-order valence-corrected chi connectivity index (χ3v) is 4.27. The number of hydrogen-bond donors (Lipinski definition) is 0. The molecule has 0 spiro atoms. The number of nitrogens with zero attached hydrogens (tertiary/aromatic N) is 3. The Morgan fingerprint density at radius 3 is 2.29 bits per heavy atom. The molecule has 1 aromatic heterocycles. The predicted molar refractivity (Wildman–Crippen MR) is 76.1 cm³/mol. The van der Waals surface area contributed by atoms with Crippen molar-refractivity contribution in [3.63, 3.8) is 0 Å². The van der Waals surface area contributed by atoms with Gasteiger partial charge in [0.1, 0.15) is 5.69 Å². The number of rotatable bonds is 3. The van der Waals surface area contributed by atoms with E-state index in [1.54, 1.807) is 0 Å². The fourth-order valence-corrected chi connectivity index (χ4v) is 2.72. The maximum absolute atomic E-state index is 12.4. The largest absolute Gasteiger partial charge is 0.433 e. The monoisotopic (exact) mass is 301 g/mol. The molecule has 0 N–H and O–H groups in total. The van der Waals surface area contributed by atoms with Crippen LogP contribution in [0.3, 0.4) is 0 Å². The van der Waals surface area contributed by atoms with Crippen molar-refractivity contribution in [1.29, 1.82) is 0 Å². The standard InChI is InChI=1S/C15H22F3N3/c1-11-9-21(10-12(2)20(11)3)7-6-13-4-5-14(19-8-13)15(16,17)18/h4-5,8,11-12H,6-7,9-10H2,1-3H3/t11-,12+. The Morgan fingerprint density at radius 2 is 1.81 bits per heavy atom. The van der Waals surface area contributed by atoms with Gasteiger partial charge >= 0.3 is 6.18 Å². The van der Waals surface area contributed by atoms with Crippen LogP contribution in [0, 0.1) is 0 Å². The van der Waals surface area contributed by atoms with Crippen LogP contribution in [-0.4, -0.2) is 53.5 Å². The number of halogens is 3. The topological polar surface area (TPSA) is 19.4 Å². The van der Waals surface area contributed by atoms with Crippen molar-refractivity contribution in [2.24, 2.45) is 0 Å². The van der Waals surface area contributed by atoms with E-state index in [0.717, 1.165) is 37.7 Å². The summed E-state index contributed by atoms with van der Waals surface area (Å²) in [5.41, 5.74) is 0.0234. The maximum Gasteiger partial charge on any atom is 0.433 e. The molecule has 6 heteroatoms. The summed E-state index contributed by atoms with van der Waals surface area (Å²) < 4.78 is 37.3. The van der Waals surface area contributed by atoms with Crippen LogP contribution < -0.4 is 0 Å². The van der Waals surface area contributed by atoms with Gasteiger partial charge in [0.15, 0.2) is 0 Å². The van der Waals surface area contributed by atoms with E-state index in [2.05, 4.69) is 35.7 Å². The predicted octanol–water partition coefficient (Wildman–Crippen LogP) is 2.67. The first-order chi connectivity index (χ1) is 9.77. The Morgan fingerprint density at radius 1 is 1.19 bits per heavy atom. The molecule has 0 bridgehead atoms. The fraction of sp³-hybridized carbons (Fsp3) is 0.667. The van der Waals surface area contributed by atoms with Crippen molar-refractivity contribution in [3.8, 4) is 0 Å². The van der Waals surface area contributed by atoms with E-state index in [4.69, 9.17) is 0 Å². The van der Waals surface area contributed by atoms with E-state index in [1.165, 1.54) is 12.3 Å². The van der Waals surface area contributed by atoms with Crippen molar-refractivity contribution in [1.82, 2.24) is 14.8 Å². The fourth-order valence-electron chi connectivity index (χ4n) is 2.72. The molecule has 1 fully saturated rings. The summed E-state index contributed by atoms with van der Waals surface area (Å²) in [7, 11) is 2.13. The molecule has 21 heavy (non-hydrogen) atoms. The Hall–Kier alpha value is -1.14. The van der Waals surface area contributed by atoms with Crippen LogP contribution in [0.1, 0.15) is 25.1 Å². The molecular weight excluding hydrogens is 279 g/mol. The van der Waals surface area contributed by atoms with Crippen molar-refractivity contribution in [2.75, 3.05) is 26.7 Å². The van der Waals surface area contributed by atoms with Crippen LogP contribution in [0.5, 0.6) is 0 Å². The van der Waals surface area contributed by atoms with E-state index in [9.17, 15) is 13.2 Å². The molecule has 0 saturated carbocycles. The smallest absolute Gasteiger partial charge is 0.300 e. The highest BCUT2D eigenvalue weighted by Crippen LogP contribution is 2.27. The molecule has 0 amide bonds. The van der Waals surface area contributed by atoms with Gasteiger partial charge < -0.3 is 0 Å². The Kier molecular flexibility index (Phi) is 4.88. The van der Waals surface area contributed by atoms with Crippen LogP contribution in [-0.2, 0) is 12.6 Å². The molecule has 118 valence electrons. The van der Waals surface area contributed by atoms with Crippen LogP contribution in [0.25, 0.3) is 0 Å². The lowest BCUT2D eigenvalue weighted by Gasteiger charge is -2.42. The average molecular weight is 301 g/mol. The Bertz CT molecular complexity index is 446. The summed E-state index contributed by atoms with van der Waals surface area (Å²) in [4.78, 5) is 8.23. The molecule has 3 nitrogen and oxygen atoms in total. The molecule has 0 radical (unpaired) electrons. The first kappa shape index (κ1) is 16.2. The molecule has 1 aromatic rings. The maximum atomic E-state index is 12.4. The lowest BCUT2D eigenvalue weighted by Crippen LogP contribution is -2.55. The van der Waals surface area contributed by atoms with Gasteiger partial charge in [0.05, 0.1) is 0 Å². The van der Waals surface area contributed by atoms with E-state index in [-0.39, 0.29) is 0 Å². The number of alkyl halides is 3. The summed E-state index contributed by atoms with van der Waals surface area (Å²) in [5.74, 6) is 0. The van der Waals surface area contributed by atoms with Crippen molar-refractivity contribution in [2.45, 2.75) is 38.5 Å². The van der Waals surface area contributed by atoms with Gasteiger partial charge in [0.2, 0.25) is 0 Å². The van der Waals surface area contributed by atoms with Crippen molar-refractivity contribution in [3.05, 3.63) is 29.6 Å². The zero-order chi connectivity index (χ0) is 15.6. The molecule has 2 heterocycles. The number of hydrogen-bond acceptors (Lipinski definition) is 3. The minimum absolute atomic E-state index is 0.500. The van der Waals surface area contributed by atoms with Gasteiger partial charge in [-0.05, 0) is 38.9 Å². The SMILES string of the molecule is C[C@@H]1CN(CCc2ccc(C(F)(F)F)nc2)C[C@H](C)N1C. The quantitative estimate of drug-likeness (QED) is 0.855. The second-order valence-electron chi connectivity index (χ2n) is 5.92. The van der Waals surface area contributed by atoms with Gasteiger partial charge in [-0.25, -0.2) is 0 Å². The zero-order valence-corrected chi connectivity index (χ0v) is 12.7. The zero-order valence-electron chi connectivity index (χ0n) is 12.7. The van der Waals surface area contributed by atoms with Gasteiger partial charge in [-0.15, -0.1) is 0 Å². The van der Waals surface area contributed by atoms with Gasteiger partial charge in [-0.2, -0.15) is 13.2 Å². The van der Waals surface area contributed by atoms with Gasteiger partial charge in [-0.1, -0.05) is 6.07 Å². The van der Waals surface area contributed by atoms with Crippen molar-refractivity contribution >= 4 is 0 Å². The lowest BCUT2D eigenvalue weighted by molar-refractivity contribution is -0.141. The number of piperazine rings is 1. The molecule has 1 saturated heterocycles. The molecule has 0 aromatic carbocycles. The van der Waals surface area contributed by atoms with Gasteiger partial charge in [0, 0.05) is 37.9 Å². The molecule has 0 unspecified atom stereocenters. The Balaban J connectivity index is 1.89. The molecule has 1 aliphatic heterocycles. The molecule has 2 atom stereocenters. The highest BCUT2D eigenvalue weighted by atomic mass is 19.4. The second kappa shape index (κ2) is 6.32.